The Kier molecular flexibility index (Phi) is 3.00. The molecular weight excluding hydrogens is 182 g/mol. The Bertz CT molecular complexity index is 390. The van der Waals surface area contributed by atoms with Gasteiger partial charge >= 0.3 is 0 Å². The Hall–Kier alpha value is -1.37. The second-order valence-electron chi connectivity index (χ2n) is 4.10. The molecule has 0 saturated heterocycles. The quantitative estimate of drug-likeness (QED) is 0.663. The Morgan fingerprint density at radius 1 is 1.47 bits per heavy atom. The average molecular weight is 199 g/mol. The van der Waals surface area contributed by atoms with E-state index < -0.39 is 0 Å². The molecule has 0 unspecified atom stereocenters. The van der Waals surface area contributed by atoms with Gasteiger partial charge in [-0.25, -0.2) is 0 Å². The third-order valence-corrected chi connectivity index (χ3v) is 2.94. The Morgan fingerprint density at radius 2 is 2.27 bits per heavy atom. The van der Waals surface area contributed by atoms with Gasteiger partial charge in [0.05, 0.1) is 0 Å². The molecule has 1 heterocycles. The molecule has 0 N–H and O–H groups in total. The second kappa shape index (κ2) is 4.43. The lowest BCUT2D eigenvalue weighted by Gasteiger charge is -2.20. The van der Waals surface area contributed by atoms with Crippen molar-refractivity contribution in [2.24, 2.45) is 10.9 Å². The summed E-state index contributed by atoms with van der Waals surface area (Å²) in [5.41, 5.74) is 4.05. The molecule has 1 atom stereocenters. The summed E-state index contributed by atoms with van der Waals surface area (Å²) in [6, 6.07) is 8.61. The number of aliphatic imine (C=N–C) groups is 1. The molecule has 15 heavy (non-hydrogen) atoms. The number of hydrogen-bond donors (Lipinski definition) is 0. The van der Waals surface area contributed by atoms with Crippen LogP contribution < -0.4 is 0 Å². The minimum Gasteiger partial charge on any atom is -0.288 e. The zero-order chi connectivity index (χ0) is 10.7. The van der Waals surface area contributed by atoms with E-state index in [9.17, 15) is 0 Å². The molecule has 1 nitrogen and oxygen atoms in total. The highest BCUT2D eigenvalue weighted by molar-refractivity contribution is 6.04. The maximum atomic E-state index is 4.66. The van der Waals surface area contributed by atoms with Gasteiger partial charge < -0.3 is 0 Å². The van der Waals surface area contributed by atoms with Crippen LogP contribution in [0.2, 0.25) is 0 Å². The Morgan fingerprint density at radius 3 is 3.07 bits per heavy atom. The van der Waals surface area contributed by atoms with Gasteiger partial charge in [0.25, 0.3) is 0 Å². The van der Waals surface area contributed by atoms with Crippen LogP contribution in [-0.4, -0.2) is 12.3 Å². The first-order chi connectivity index (χ1) is 7.33. The van der Waals surface area contributed by atoms with Crippen LogP contribution in [0, 0.1) is 5.92 Å². The van der Waals surface area contributed by atoms with Crippen LogP contribution in [0.15, 0.2) is 41.9 Å². The molecule has 1 aromatic carbocycles. The minimum absolute atomic E-state index is 0.490. The van der Waals surface area contributed by atoms with Crippen molar-refractivity contribution < 1.29 is 0 Å². The maximum Gasteiger partial charge on any atom is 0.0454 e. The van der Waals surface area contributed by atoms with Crippen LogP contribution in [0.25, 0.3) is 0 Å². The molecule has 0 amide bonds. The molecule has 0 radical (unpaired) electrons. The van der Waals surface area contributed by atoms with Crippen molar-refractivity contribution in [3.63, 3.8) is 0 Å². The minimum atomic E-state index is 0.490. The monoisotopic (exact) mass is 199 g/mol. The van der Waals surface area contributed by atoms with Crippen LogP contribution in [0.3, 0.4) is 0 Å². The van der Waals surface area contributed by atoms with Gasteiger partial charge in [-0.1, -0.05) is 37.3 Å². The van der Waals surface area contributed by atoms with Crippen molar-refractivity contribution in [1.82, 2.24) is 0 Å². The van der Waals surface area contributed by atoms with E-state index in [1.807, 2.05) is 6.08 Å². The summed E-state index contributed by atoms with van der Waals surface area (Å²) in [5, 5.41) is 0. The van der Waals surface area contributed by atoms with E-state index in [2.05, 4.69) is 42.8 Å². The third kappa shape index (κ3) is 2.01. The summed E-state index contributed by atoms with van der Waals surface area (Å²) in [4.78, 5) is 4.66. The number of rotatable bonds is 3. The summed E-state index contributed by atoms with van der Waals surface area (Å²) in [7, 11) is 0. The summed E-state index contributed by atoms with van der Waals surface area (Å²) in [5.74, 6) is 0.490. The molecule has 1 aromatic rings. The SMILES string of the molecule is C=CC[C@H](C)C1=NCCc2ccccc21. The number of nitrogens with zero attached hydrogens (tertiary/aromatic N) is 1. The van der Waals surface area contributed by atoms with E-state index in [1.165, 1.54) is 16.8 Å². The van der Waals surface area contributed by atoms with Crippen molar-refractivity contribution in [2.45, 2.75) is 19.8 Å². The molecule has 1 heteroatoms. The second-order valence-corrected chi connectivity index (χ2v) is 4.10. The summed E-state index contributed by atoms with van der Waals surface area (Å²) >= 11 is 0. The van der Waals surface area contributed by atoms with Gasteiger partial charge in [0, 0.05) is 18.2 Å². The molecule has 2 rings (SSSR count). The molecule has 1 aliphatic rings. The number of hydrogen-bond acceptors (Lipinski definition) is 1. The third-order valence-electron chi connectivity index (χ3n) is 2.94. The fourth-order valence-corrected chi connectivity index (χ4v) is 2.15. The number of allylic oxidation sites excluding steroid dienone is 1. The summed E-state index contributed by atoms with van der Waals surface area (Å²) in [6.07, 6.45) is 4.07. The van der Waals surface area contributed by atoms with Crippen LogP contribution in [0.1, 0.15) is 24.5 Å². The predicted octanol–water partition coefficient (Wildman–Crippen LogP) is 3.24. The van der Waals surface area contributed by atoms with E-state index in [0.29, 0.717) is 5.92 Å². The van der Waals surface area contributed by atoms with E-state index in [0.717, 1.165) is 19.4 Å². The Labute approximate surface area is 91.6 Å². The molecule has 78 valence electrons. The van der Waals surface area contributed by atoms with Crippen molar-refractivity contribution in [2.75, 3.05) is 6.54 Å². The molecule has 0 saturated carbocycles. The lowest BCUT2D eigenvalue weighted by Crippen LogP contribution is -2.19. The first-order valence-corrected chi connectivity index (χ1v) is 5.56. The molecular formula is C14H17N. The average Bonchev–Trinajstić information content (AvgIpc) is 2.28. The molecule has 0 bridgehead atoms. The van der Waals surface area contributed by atoms with Gasteiger partial charge in [0.2, 0.25) is 0 Å². The lowest BCUT2D eigenvalue weighted by molar-refractivity contribution is 0.771. The fourth-order valence-electron chi connectivity index (χ4n) is 2.15. The molecule has 0 aromatic heterocycles. The van der Waals surface area contributed by atoms with Gasteiger partial charge in [-0.3, -0.25) is 4.99 Å². The first kappa shape index (κ1) is 10.2. The van der Waals surface area contributed by atoms with Crippen LogP contribution in [0.5, 0.6) is 0 Å². The molecule has 0 spiro atoms. The topological polar surface area (TPSA) is 12.4 Å². The largest absolute Gasteiger partial charge is 0.288 e. The van der Waals surface area contributed by atoms with Crippen LogP contribution in [0.4, 0.5) is 0 Å². The van der Waals surface area contributed by atoms with Gasteiger partial charge in [0.1, 0.15) is 0 Å². The van der Waals surface area contributed by atoms with E-state index >= 15 is 0 Å². The van der Waals surface area contributed by atoms with Gasteiger partial charge in [-0.15, -0.1) is 6.58 Å². The van der Waals surface area contributed by atoms with Crippen LogP contribution >= 0.6 is 0 Å². The predicted molar refractivity (Wildman–Crippen MR) is 65.5 cm³/mol. The van der Waals surface area contributed by atoms with Crippen LogP contribution in [-0.2, 0) is 6.42 Å². The molecule has 1 aliphatic heterocycles. The Balaban J connectivity index is 2.33. The zero-order valence-corrected chi connectivity index (χ0v) is 9.24. The van der Waals surface area contributed by atoms with E-state index in [4.69, 9.17) is 0 Å². The highest BCUT2D eigenvalue weighted by atomic mass is 14.8. The maximum absolute atomic E-state index is 4.66. The van der Waals surface area contributed by atoms with Crippen molar-refractivity contribution >= 4 is 5.71 Å². The lowest BCUT2D eigenvalue weighted by atomic mass is 9.89. The van der Waals surface area contributed by atoms with Crippen molar-refractivity contribution in [3.05, 3.63) is 48.0 Å². The number of benzene rings is 1. The zero-order valence-electron chi connectivity index (χ0n) is 9.24. The molecule has 0 fully saturated rings. The standard InChI is InChI=1S/C14H17N/c1-3-6-11(2)14-13-8-5-4-7-12(13)9-10-15-14/h3-5,7-8,11H,1,6,9-10H2,2H3/t11-/m0/s1. The van der Waals surface area contributed by atoms with Gasteiger partial charge in [-0.05, 0) is 24.0 Å². The summed E-state index contributed by atoms with van der Waals surface area (Å²) < 4.78 is 0. The first-order valence-electron chi connectivity index (χ1n) is 5.56. The van der Waals surface area contributed by atoms with Gasteiger partial charge in [0.15, 0.2) is 0 Å². The van der Waals surface area contributed by atoms with E-state index in [-0.39, 0.29) is 0 Å². The highest BCUT2D eigenvalue weighted by Crippen LogP contribution is 2.21. The van der Waals surface area contributed by atoms with Crippen molar-refractivity contribution in [1.29, 1.82) is 0 Å². The van der Waals surface area contributed by atoms with Gasteiger partial charge in [-0.2, -0.15) is 0 Å². The molecule has 0 aliphatic carbocycles. The fraction of sp³-hybridized carbons (Fsp3) is 0.357. The highest BCUT2D eigenvalue weighted by Gasteiger charge is 2.17. The summed E-state index contributed by atoms with van der Waals surface area (Å²) in [6.45, 7) is 6.96. The van der Waals surface area contributed by atoms with Crippen molar-refractivity contribution in [3.8, 4) is 0 Å². The smallest absolute Gasteiger partial charge is 0.0454 e. The van der Waals surface area contributed by atoms with E-state index in [1.54, 1.807) is 0 Å². The number of fused-ring (bicyclic) bond motifs is 1. The normalized spacial score (nSPS) is 16.5.